The molecule has 0 saturated carbocycles. The first kappa shape index (κ1) is 16.5. The van der Waals surface area contributed by atoms with Crippen molar-refractivity contribution in [3.8, 4) is 23.7 Å². The van der Waals surface area contributed by atoms with Gasteiger partial charge in [0.25, 0.3) is 0 Å². The molecular formula is C19H17N5OS. The van der Waals surface area contributed by atoms with Crippen molar-refractivity contribution in [2.75, 3.05) is 18.4 Å². The first-order valence-electron chi connectivity index (χ1n) is 8.43. The van der Waals surface area contributed by atoms with Crippen LogP contribution in [0.5, 0.6) is 0 Å². The lowest BCUT2D eigenvalue weighted by Crippen LogP contribution is -2.30. The molecule has 7 heteroatoms. The molecule has 0 aliphatic heterocycles. The Morgan fingerprint density at radius 1 is 1.35 bits per heavy atom. The van der Waals surface area contributed by atoms with Crippen molar-refractivity contribution in [3.63, 3.8) is 0 Å². The first-order valence-corrected chi connectivity index (χ1v) is 9.24. The van der Waals surface area contributed by atoms with E-state index in [1.807, 2.05) is 12.1 Å². The molecule has 3 heterocycles. The van der Waals surface area contributed by atoms with Crippen molar-refractivity contribution in [2.45, 2.75) is 19.3 Å². The molecule has 1 amide bonds. The molecule has 2 N–H and O–H groups in total. The second kappa shape index (κ2) is 7.10. The highest BCUT2D eigenvalue weighted by atomic mass is 32.1. The molecule has 0 atom stereocenters. The fourth-order valence-corrected chi connectivity index (χ4v) is 4.39. The SMILES string of the molecule is C#CCNC(=O)CNc1nc(-c2cccnc2)nc2sc3c(c12)CCC3. The average molecular weight is 363 g/mol. The van der Waals surface area contributed by atoms with Crippen LogP contribution in [-0.2, 0) is 17.6 Å². The molecule has 26 heavy (non-hydrogen) atoms. The lowest BCUT2D eigenvalue weighted by Gasteiger charge is -2.10. The molecule has 1 aliphatic rings. The lowest BCUT2D eigenvalue weighted by atomic mass is 10.2. The molecule has 0 unspecified atom stereocenters. The maximum Gasteiger partial charge on any atom is 0.240 e. The van der Waals surface area contributed by atoms with E-state index in [-0.39, 0.29) is 19.0 Å². The van der Waals surface area contributed by atoms with E-state index in [1.165, 1.54) is 10.4 Å². The number of carbonyl (C=O) groups is 1. The number of rotatable bonds is 5. The van der Waals surface area contributed by atoms with Crippen LogP contribution in [0.3, 0.4) is 0 Å². The summed E-state index contributed by atoms with van der Waals surface area (Å²) in [5, 5.41) is 6.87. The molecular weight excluding hydrogens is 346 g/mol. The maximum atomic E-state index is 11.9. The molecule has 0 saturated heterocycles. The van der Waals surface area contributed by atoms with Crippen LogP contribution in [0.1, 0.15) is 16.9 Å². The van der Waals surface area contributed by atoms with E-state index in [9.17, 15) is 4.79 Å². The Kier molecular flexibility index (Phi) is 4.50. The highest BCUT2D eigenvalue weighted by molar-refractivity contribution is 7.19. The maximum absolute atomic E-state index is 11.9. The molecule has 0 spiro atoms. The number of nitrogens with one attached hydrogen (secondary N) is 2. The Morgan fingerprint density at radius 2 is 2.27 bits per heavy atom. The summed E-state index contributed by atoms with van der Waals surface area (Å²) in [7, 11) is 0. The minimum Gasteiger partial charge on any atom is -0.360 e. The van der Waals surface area contributed by atoms with Gasteiger partial charge in [0, 0.05) is 22.8 Å². The van der Waals surface area contributed by atoms with Gasteiger partial charge in [0.2, 0.25) is 5.91 Å². The molecule has 0 fully saturated rings. The fourth-order valence-electron chi connectivity index (χ4n) is 3.12. The normalized spacial score (nSPS) is 12.6. The number of carbonyl (C=O) groups excluding carboxylic acids is 1. The van der Waals surface area contributed by atoms with E-state index >= 15 is 0 Å². The smallest absolute Gasteiger partial charge is 0.240 e. The number of pyridine rings is 1. The van der Waals surface area contributed by atoms with Crippen LogP contribution >= 0.6 is 11.3 Å². The molecule has 0 bridgehead atoms. The van der Waals surface area contributed by atoms with Crippen molar-refractivity contribution < 1.29 is 4.79 Å². The van der Waals surface area contributed by atoms with Crippen LogP contribution in [0.25, 0.3) is 21.6 Å². The zero-order valence-electron chi connectivity index (χ0n) is 14.1. The Hall–Kier alpha value is -2.98. The second-order valence-electron chi connectivity index (χ2n) is 6.01. The monoisotopic (exact) mass is 363 g/mol. The van der Waals surface area contributed by atoms with E-state index in [4.69, 9.17) is 16.4 Å². The van der Waals surface area contributed by atoms with Gasteiger partial charge < -0.3 is 10.6 Å². The Bertz CT molecular complexity index is 1010. The van der Waals surface area contributed by atoms with Gasteiger partial charge in [-0.2, -0.15) is 0 Å². The van der Waals surface area contributed by atoms with E-state index < -0.39 is 0 Å². The van der Waals surface area contributed by atoms with Crippen molar-refractivity contribution in [2.24, 2.45) is 0 Å². The third kappa shape index (κ3) is 3.11. The highest BCUT2D eigenvalue weighted by Crippen LogP contribution is 2.40. The minimum absolute atomic E-state index is 0.116. The van der Waals surface area contributed by atoms with Crippen LogP contribution < -0.4 is 10.6 Å². The summed E-state index contributed by atoms with van der Waals surface area (Å²) >= 11 is 1.72. The summed E-state index contributed by atoms with van der Waals surface area (Å²) in [6, 6.07) is 3.79. The standard InChI is InChI=1S/C19H17N5OS/c1-2-8-21-15(25)11-22-18-16-13-6-3-7-14(13)26-19(16)24-17(23-18)12-5-4-9-20-10-12/h1,4-5,9-10H,3,6-8,11H2,(H,21,25)(H,22,23,24). The van der Waals surface area contributed by atoms with Crippen molar-refractivity contribution in [1.29, 1.82) is 0 Å². The Labute approximate surface area is 155 Å². The van der Waals surface area contributed by atoms with Crippen molar-refractivity contribution in [1.82, 2.24) is 20.3 Å². The number of thiophene rings is 1. The zero-order valence-corrected chi connectivity index (χ0v) is 14.9. The van der Waals surface area contributed by atoms with Gasteiger partial charge in [-0.1, -0.05) is 5.92 Å². The fraction of sp³-hybridized carbons (Fsp3) is 0.263. The first-order chi connectivity index (χ1) is 12.8. The summed E-state index contributed by atoms with van der Waals surface area (Å²) in [5.41, 5.74) is 2.16. The van der Waals surface area contributed by atoms with Gasteiger partial charge in [-0.05, 0) is 37.0 Å². The van der Waals surface area contributed by atoms with Gasteiger partial charge in [-0.15, -0.1) is 17.8 Å². The van der Waals surface area contributed by atoms with Gasteiger partial charge >= 0.3 is 0 Å². The molecule has 130 valence electrons. The predicted octanol–water partition coefficient (Wildman–Crippen LogP) is 2.40. The van der Waals surface area contributed by atoms with Crippen molar-refractivity contribution >= 4 is 33.3 Å². The number of aryl methyl sites for hydroxylation is 2. The number of hydrogen-bond acceptors (Lipinski definition) is 6. The van der Waals surface area contributed by atoms with Gasteiger partial charge in [0.1, 0.15) is 10.6 Å². The largest absolute Gasteiger partial charge is 0.360 e. The number of amides is 1. The molecule has 1 aliphatic carbocycles. The van der Waals surface area contributed by atoms with Gasteiger partial charge in [-0.3, -0.25) is 9.78 Å². The zero-order chi connectivity index (χ0) is 17.9. The Morgan fingerprint density at radius 3 is 3.08 bits per heavy atom. The quantitative estimate of drug-likeness (QED) is 0.681. The van der Waals surface area contributed by atoms with E-state index in [2.05, 4.69) is 21.5 Å². The van der Waals surface area contributed by atoms with Gasteiger partial charge in [0.15, 0.2) is 5.82 Å². The third-order valence-electron chi connectivity index (χ3n) is 4.29. The predicted molar refractivity (Wildman–Crippen MR) is 103 cm³/mol. The number of aromatic nitrogens is 3. The average Bonchev–Trinajstić information content (AvgIpc) is 3.25. The van der Waals surface area contributed by atoms with Crippen LogP contribution in [-0.4, -0.2) is 33.9 Å². The molecule has 0 aromatic carbocycles. The van der Waals surface area contributed by atoms with Crippen LogP contribution in [0.4, 0.5) is 5.82 Å². The van der Waals surface area contributed by atoms with Crippen molar-refractivity contribution in [3.05, 3.63) is 35.0 Å². The van der Waals surface area contributed by atoms with Crippen LogP contribution in [0.2, 0.25) is 0 Å². The molecule has 3 aromatic heterocycles. The summed E-state index contributed by atoms with van der Waals surface area (Å²) in [6.07, 6.45) is 11.9. The molecule has 3 aromatic rings. The Balaban J connectivity index is 1.73. The lowest BCUT2D eigenvalue weighted by molar-refractivity contribution is -0.119. The summed E-state index contributed by atoms with van der Waals surface area (Å²) in [5.74, 6) is 3.54. The highest BCUT2D eigenvalue weighted by Gasteiger charge is 2.23. The molecule has 4 rings (SSSR count). The molecule has 0 radical (unpaired) electrons. The second-order valence-corrected chi connectivity index (χ2v) is 7.09. The number of hydrogen-bond donors (Lipinski definition) is 2. The third-order valence-corrected chi connectivity index (χ3v) is 5.47. The van der Waals surface area contributed by atoms with Gasteiger partial charge in [-0.25, -0.2) is 9.97 Å². The topological polar surface area (TPSA) is 79.8 Å². The summed E-state index contributed by atoms with van der Waals surface area (Å²) in [6.45, 7) is 0.333. The number of terminal acetylenes is 1. The number of fused-ring (bicyclic) bond motifs is 3. The number of anilines is 1. The molecule has 6 nitrogen and oxygen atoms in total. The van der Waals surface area contributed by atoms with Crippen LogP contribution in [0.15, 0.2) is 24.5 Å². The number of nitrogens with zero attached hydrogens (tertiary/aromatic N) is 3. The summed E-state index contributed by atoms with van der Waals surface area (Å²) in [4.78, 5) is 27.8. The summed E-state index contributed by atoms with van der Waals surface area (Å²) < 4.78 is 0. The van der Waals surface area contributed by atoms with Crippen LogP contribution in [0, 0.1) is 12.3 Å². The van der Waals surface area contributed by atoms with E-state index in [0.29, 0.717) is 11.6 Å². The van der Waals surface area contributed by atoms with E-state index in [1.54, 1.807) is 23.7 Å². The van der Waals surface area contributed by atoms with Gasteiger partial charge in [0.05, 0.1) is 18.5 Å². The minimum atomic E-state index is -0.162. The van der Waals surface area contributed by atoms with E-state index in [0.717, 1.165) is 35.0 Å².